The van der Waals surface area contributed by atoms with Gasteiger partial charge in [0.2, 0.25) is 5.88 Å². The van der Waals surface area contributed by atoms with Gasteiger partial charge in [-0.05, 0) is 66.9 Å². The molecule has 0 spiro atoms. The number of ether oxygens (including phenoxy) is 2. The molecule has 1 atom stereocenters. The van der Waals surface area contributed by atoms with Crippen molar-refractivity contribution < 1.29 is 31.5 Å². The Kier molecular flexibility index (Phi) is 8.73. The average molecular weight is 568 g/mol. The standard InChI is InChI=1S/C29H27F2N3O5S/c1-18(2)17-38-24-15-21(14-23(31)16-24)26-12-11-25(28(35)34-40(36,37)27-6-4-5-13-32-27)29(33-26)39-19(3)20-7-9-22(30)10-8-20/h4-16,18-19H,17H2,1-3H3,(H,34,35). The van der Waals surface area contributed by atoms with Gasteiger partial charge in [0.1, 0.15) is 29.1 Å². The summed E-state index contributed by atoms with van der Waals surface area (Å²) in [6, 6.07) is 16.7. The van der Waals surface area contributed by atoms with E-state index < -0.39 is 33.7 Å². The zero-order valence-electron chi connectivity index (χ0n) is 22.0. The summed E-state index contributed by atoms with van der Waals surface area (Å²) >= 11 is 0. The number of halogens is 2. The van der Waals surface area contributed by atoms with Crippen molar-refractivity contribution in [1.82, 2.24) is 14.7 Å². The van der Waals surface area contributed by atoms with E-state index in [4.69, 9.17) is 9.47 Å². The lowest BCUT2D eigenvalue weighted by molar-refractivity contribution is 0.0973. The molecule has 4 aromatic rings. The minimum atomic E-state index is -4.30. The summed E-state index contributed by atoms with van der Waals surface area (Å²) in [6.07, 6.45) is 0.576. The van der Waals surface area contributed by atoms with Crippen LogP contribution < -0.4 is 14.2 Å². The lowest BCUT2D eigenvalue weighted by Gasteiger charge is -2.18. The zero-order chi connectivity index (χ0) is 28.9. The van der Waals surface area contributed by atoms with Crippen molar-refractivity contribution in [2.24, 2.45) is 5.92 Å². The summed E-state index contributed by atoms with van der Waals surface area (Å²) in [5.74, 6) is -1.68. The van der Waals surface area contributed by atoms with Crippen molar-refractivity contribution >= 4 is 15.9 Å². The molecular formula is C29H27F2N3O5S. The Morgan fingerprint density at radius 2 is 1.70 bits per heavy atom. The SMILES string of the molecule is CC(C)COc1cc(F)cc(-c2ccc(C(=O)NS(=O)(=O)c3ccccn3)c(OC(C)c3ccc(F)cc3)n2)c1. The van der Waals surface area contributed by atoms with E-state index in [1.54, 1.807) is 13.0 Å². The molecule has 1 unspecified atom stereocenters. The minimum Gasteiger partial charge on any atom is -0.493 e. The first-order valence-electron chi connectivity index (χ1n) is 12.4. The van der Waals surface area contributed by atoms with Crippen LogP contribution in [0, 0.1) is 17.6 Å². The van der Waals surface area contributed by atoms with Crippen molar-refractivity contribution in [3.05, 3.63) is 102 Å². The molecule has 0 aliphatic heterocycles. The first kappa shape index (κ1) is 28.6. The Morgan fingerprint density at radius 1 is 0.950 bits per heavy atom. The molecule has 0 aliphatic rings. The number of nitrogens with zero attached hydrogens (tertiary/aromatic N) is 2. The molecule has 4 rings (SSSR count). The molecule has 0 bridgehead atoms. The van der Waals surface area contributed by atoms with Crippen LogP contribution in [0.2, 0.25) is 0 Å². The Bertz CT molecular complexity index is 1600. The number of hydrogen-bond donors (Lipinski definition) is 1. The predicted octanol–water partition coefficient (Wildman–Crippen LogP) is 5.72. The van der Waals surface area contributed by atoms with Crippen LogP contribution >= 0.6 is 0 Å². The summed E-state index contributed by atoms with van der Waals surface area (Å²) in [5.41, 5.74) is 0.992. The van der Waals surface area contributed by atoms with Gasteiger partial charge in [0, 0.05) is 17.8 Å². The van der Waals surface area contributed by atoms with Crippen LogP contribution in [0.3, 0.4) is 0 Å². The number of hydrogen-bond acceptors (Lipinski definition) is 7. The Morgan fingerprint density at radius 3 is 2.38 bits per heavy atom. The Labute approximate surface area is 231 Å². The largest absolute Gasteiger partial charge is 0.493 e. The van der Waals surface area contributed by atoms with E-state index in [0.29, 0.717) is 23.5 Å². The highest BCUT2D eigenvalue weighted by Crippen LogP contribution is 2.30. The van der Waals surface area contributed by atoms with E-state index in [0.717, 1.165) is 0 Å². The minimum absolute atomic E-state index is 0.190. The van der Waals surface area contributed by atoms with Gasteiger partial charge in [-0.2, -0.15) is 8.42 Å². The van der Waals surface area contributed by atoms with Gasteiger partial charge in [-0.1, -0.05) is 32.0 Å². The molecule has 0 saturated carbocycles. The summed E-state index contributed by atoms with van der Waals surface area (Å²) in [5, 5.41) is -0.344. The highest BCUT2D eigenvalue weighted by Gasteiger charge is 2.25. The van der Waals surface area contributed by atoms with Crippen molar-refractivity contribution in [3.63, 3.8) is 0 Å². The molecule has 40 heavy (non-hydrogen) atoms. The molecular weight excluding hydrogens is 540 g/mol. The van der Waals surface area contributed by atoms with Crippen molar-refractivity contribution in [2.75, 3.05) is 6.61 Å². The maximum atomic E-state index is 14.5. The molecule has 2 aromatic heterocycles. The third-order valence-corrected chi connectivity index (χ3v) is 6.87. The molecule has 2 aromatic carbocycles. The Hall–Kier alpha value is -4.38. The number of pyridine rings is 2. The van der Waals surface area contributed by atoms with Crippen molar-refractivity contribution in [3.8, 4) is 22.9 Å². The molecule has 11 heteroatoms. The van der Waals surface area contributed by atoms with Gasteiger partial charge in [-0.15, -0.1) is 0 Å². The van der Waals surface area contributed by atoms with E-state index in [9.17, 15) is 22.0 Å². The number of amides is 1. The van der Waals surface area contributed by atoms with Crippen LogP contribution in [0.1, 0.15) is 42.8 Å². The first-order valence-corrected chi connectivity index (χ1v) is 13.9. The third-order valence-electron chi connectivity index (χ3n) is 5.62. The second-order valence-corrected chi connectivity index (χ2v) is 11.0. The highest BCUT2D eigenvalue weighted by molar-refractivity contribution is 7.90. The first-order chi connectivity index (χ1) is 19.0. The fourth-order valence-electron chi connectivity index (χ4n) is 3.63. The molecule has 0 radical (unpaired) electrons. The van der Waals surface area contributed by atoms with E-state index in [1.165, 1.54) is 72.9 Å². The predicted molar refractivity (Wildman–Crippen MR) is 144 cm³/mol. The van der Waals surface area contributed by atoms with Gasteiger partial charge in [0.25, 0.3) is 15.9 Å². The monoisotopic (exact) mass is 567 g/mol. The van der Waals surface area contributed by atoms with Crippen molar-refractivity contribution in [2.45, 2.75) is 31.9 Å². The number of carbonyl (C=O) groups is 1. The molecule has 8 nitrogen and oxygen atoms in total. The van der Waals surface area contributed by atoms with E-state index in [2.05, 4.69) is 9.97 Å². The summed E-state index contributed by atoms with van der Waals surface area (Å²) in [6.45, 7) is 5.97. The fraction of sp³-hybridized carbons (Fsp3) is 0.207. The molecule has 208 valence electrons. The van der Waals surface area contributed by atoms with Gasteiger partial charge >= 0.3 is 0 Å². The lowest BCUT2D eigenvalue weighted by Crippen LogP contribution is -2.31. The van der Waals surface area contributed by atoms with Crippen molar-refractivity contribution in [1.29, 1.82) is 0 Å². The van der Waals surface area contributed by atoms with E-state index >= 15 is 0 Å². The van der Waals surface area contributed by atoms with Crippen LogP contribution in [-0.4, -0.2) is 30.9 Å². The third kappa shape index (κ3) is 7.17. The van der Waals surface area contributed by atoms with E-state index in [1.807, 2.05) is 18.6 Å². The number of rotatable bonds is 10. The maximum Gasteiger partial charge on any atom is 0.281 e. The number of benzene rings is 2. The van der Waals surface area contributed by atoms with Gasteiger partial charge in [-0.25, -0.2) is 23.5 Å². The van der Waals surface area contributed by atoms with Gasteiger partial charge in [0.05, 0.1) is 12.3 Å². The number of aromatic nitrogens is 2. The maximum absolute atomic E-state index is 14.5. The lowest BCUT2D eigenvalue weighted by atomic mass is 10.1. The zero-order valence-corrected chi connectivity index (χ0v) is 22.8. The van der Waals surface area contributed by atoms with Gasteiger partial charge < -0.3 is 9.47 Å². The van der Waals surface area contributed by atoms with E-state index in [-0.39, 0.29) is 28.1 Å². The van der Waals surface area contributed by atoms with Crippen LogP contribution in [0.25, 0.3) is 11.3 Å². The number of carbonyl (C=O) groups excluding carboxylic acids is 1. The van der Waals surface area contributed by atoms with Gasteiger partial charge in [-0.3, -0.25) is 4.79 Å². The van der Waals surface area contributed by atoms with Crippen LogP contribution in [0.15, 0.2) is 84.0 Å². The molecule has 2 heterocycles. The fourth-order valence-corrected chi connectivity index (χ4v) is 4.54. The smallest absolute Gasteiger partial charge is 0.281 e. The Balaban J connectivity index is 1.72. The number of sulfonamides is 1. The van der Waals surface area contributed by atoms with Crippen LogP contribution in [0.4, 0.5) is 8.78 Å². The second kappa shape index (κ2) is 12.2. The second-order valence-electron chi connectivity index (χ2n) is 9.34. The number of nitrogens with one attached hydrogen (secondary N) is 1. The van der Waals surface area contributed by atoms with Crippen LogP contribution in [0.5, 0.6) is 11.6 Å². The molecule has 0 saturated heterocycles. The normalized spacial score (nSPS) is 12.2. The molecule has 1 N–H and O–H groups in total. The van der Waals surface area contributed by atoms with Crippen LogP contribution in [-0.2, 0) is 10.0 Å². The topological polar surface area (TPSA) is 107 Å². The summed E-state index contributed by atoms with van der Waals surface area (Å²) in [4.78, 5) is 21.4. The quantitative estimate of drug-likeness (QED) is 0.261. The highest BCUT2D eigenvalue weighted by atomic mass is 32.2. The van der Waals surface area contributed by atoms with Gasteiger partial charge in [0.15, 0.2) is 5.03 Å². The molecule has 1 amide bonds. The molecule has 0 fully saturated rings. The average Bonchev–Trinajstić information content (AvgIpc) is 2.92. The summed E-state index contributed by atoms with van der Waals surface area (Å²) in [7, 11) is -4.30. The summed E-state index contributed by atoms with van der Waals surface area (Å²) < 4.78 is 67.0. The molecule has 0 aliphatic carbocycles.